The lowest BCUT2D eigenvalue weighted by Crippen LogP contribution is -2.42. The fourth-order valence-corrected chi connectivity index (χ4v) is 3.25. The molecular formula is C23H27N3O4. The molecule has 0 fully saturated rings. The molecule has 1 heterocycles. The molecule has 0 spiro atoms. The van der Waals surface area contributed by atoms with Crippen molar-refractivity contribution in [1.29, 1.82) is 0 Å². The number of aromatic nitrogens is 2. The van der Waals surface area contributed by atoms with E-state index in [2.05, 4.69) is 5.32 Å². The highest BCUT2D eigenvalue weighted by Gasteiger charge is 2.15. The van der Waals surface area contributed by atoms with Crippen molar-refractivity contribution in [2.24, 2.45) is 5.92 Å². The Morgan fingerprint density at radius 2 is 1.73 bits per heavy atom. The van der Waals surface area contributed by atoms with E-state index < -0.39 is 5.69 Å². The Balaban J connectivity index is 1.91. The minimum absolute atomic E-state index is 0.186. The van der Waals surface area contributed by atoms with E-state index in [1.165, 1.54) is 9.13 Å². The molecular weight excluding hydrogens is 382 g/mol. The normalized spacial score (nSPS) is 11.1. The summed E-state index contributed by atoms with van der Waals surface area (Å²) < 4.78 is 7.99. The maximum absolute atomic E-state index is 13.1. The number of hydrogen-bond donors (Lipinski definition) is 1. The molecule has 0 saturated heterocycles. The average Bonchev–Trinajstić information content (AvgIpc) is 2.72. The first kappa shape index (κ1) is 21.4. The topological polar surface area (TPSA) is 82.3 Å². The minimum atomic E-state index is -0.471. The number of rotatable bonds is 8. The van der Waals surface area contributed by atoms with E-state index in [4.69, 9.17) is 4.74 Å². The molecule has 1 amide bonds. The van der Waals surface area contributed by atoms with Gasteiger partial charge in [0.25, 0.3) is 5.56 Å². The number of amides is 1. The van der Waals surface area contributed by atoms with Gasteiger partial charge in [-0.15, -0.1) is 0 Å². The number of ether oxygens (including phenoxy) is 1. The number of para-hydroxylation sites is 1. The van der Waals surface area contributed by atoms with Crippen LogP contribution >= 0.6 is 0 Å². The van der Waals surface area contributed by atoms with E-state index in [0.717, 1.165) is 5.75 Å². The van der Waals surface area contributed by atoms with Crippen LogP contribution in [-0.4, -0.2) is 21.6 Å². The van der Waals surface area contributed by atoms with Crippen molar-refractivity contribution in [1.82, 2.24) is 9.13 Å². The third-order valence-corrected chi connectivity index (χ3v) is 4.81. The average molecular weight is 409 g/mol. The molecule has 3 rings (SSSR count). The Labute approximate surface area is 174 Å². The monoisotopic (exact) mass is 409 g/mol. The van der Waals surface area contributed by atoms with Crippen LogP contribution in [0.3, 0.4) is 0 Å². The minimum Gasteiger partial charge on any atom is -0.494 e. The second-order valence-corrected chi connectivity index (χ2v) is 7.53. The highest BCUT2D eigenvalue weighted by molar-refractivity contribution is 5.91. The van der Waals surface area contributed by atoms with Gasteiger partial charge in [0.1, 0.15) is 12.3 Å². The third kappa shape index (κ3) is 4.79. The SMILES string of the molecule is CCOc1ccc(NC(=O)Cn2c(=O)n(CCC(C)C)c(=O)c3ccccc32)cc1. The summed E-state index contributed by atoms with van der Waals surface area (Å²) in [4.78, 5) is 38.5. The summed E-state index contributed by atoms with van der Waals surface area (Å²) in [6.45, 7) is 6.67. The van der Waals surface area contributed by atoms with Crippen molar-refractivity contribution in [2.45, 2.75) is 40.3 Å². The number of fused-ring (bicyclic) bond motifs is 1. The van der Waals surface area contributed by atoms with Crippen molar-refractivity contribution >= 4 is 22.5 Å². The Morgan fingerprint density at radius 1 is 1.03 bits per heavy atom. The second-order valence-electron chi connectivity index (χ2n) is 7.53. The lowest BCUT2D eigenvalue weighted by Gasteiger charge is -2.15. The predicted octanol–water partition coefficient (Wildman–Crippen LogP) is 3.25. The van der Waals surface area contributed by atoms with Gasteiger partial charge in [-0.3, -0.25) is 18.7 Å². The highest BCUT2D eigenvalue weighted by Crippen LogP contribution is 2.16. The van der Waals surface area contributed by atoms with Crippen LogP contribution in [0.15, 0.2) is 58.1 Å². The molecule has 1 aromatic heterocycles. The smallest absolute Gasteiger partial charge is 0.331 e. The van der Waals surface area contributed by atoms with Crippen LogP contribution in [0.25, 0.3) is 10.9 Å². The fourth-order valence-electron chi connectivity index (χ4n) is 3.25. The lowest BCUT2D eigenvalue weighted by molar-refractivity contribution is -0.116. The predicted molar refractivity (Wildman–Crippen MR) is 118 cm³/mol. The van der Waals surface area contributed by atoms with Crippen LogP contribution in [0.2, 0.25) is 0 Å². The maximum Gasteiger partial charge on any atom is 0.331 e. The van der Waals surface area contributed by atoms with E-state index in [9.17, 15) is 14.4 Å². The first-order chi connectivity index (χ1) is 14.4. The van der Waals surface area contributed by atoms with Gasteiger partial charge >= 0.3 is 5.69 Å². The van der Waals surface area contributed by atoms with E-state index in [-0.39, 0.29) is 18.0 Å². The van der Waals surface area contributed by atoms with Gasteiger partial charge in [0.15, 0.2) is 0 Å². The quantitative estimate of drug-likeness (QED) is 0.619. The van der Waals surface area contributed by atoms with E-state index in [1.807, 2.05) is 20.8 Å². The largest absolute Gasteiger partial charge is 0.494 e. The van der Waals surface area contributed by atoms with Gasteiger partial charge in [-0.2, -0.15) is 0 Å². The van der Waals surface area contributed by atoms with Crippen LogP contribution in [0.4, 0.5) is 5.69 Å². The van der Waals surface area contributed by atoms with Gasteiger partial charge in [0.2, 0.25) is 5.91 Å². The molecule has 7 heteroatoms. The maximum atomic E-state index is 13.1. The van der Waals surface area contributed by atoms with E-state index >= 15 is 0 Å². The Kier molecular flexibility index (Phi) is 6.72. The molecule has 0 aliphatic carbocycles. The summed E-state index contributed by atoms with van der Waals surface area (Å²) in [7, 11) is 0. The molecule has 0 bridgehead atoms. The summed E-state index contributed by atoms with van der Waals surface area (Å²) in [5.74, 6) is 0.717. The fraction of sp³-hybridized carbons (Fsp3) is 0.348. The summed E-state index contributed by atoms with van der Waals surface area (Å²) >= 11 is 0. The van der Waals surface area contributed by atoms with Crippen molar-refractivity contribution in [3.63, 3.8) is 0 Å². The molecule has 1 N–H and O–H groups in total. The van der Waals surface area contributed by atoms with E-state index in [1.54, 1.807) is 48.5 Å². The van der Waals surface area contributed by atoms with Gasteiger partial charge in [-0.05, 0) is 55.7 Å². The first-order valence-electron chi connectivity index (χ1n) is 10.2. The molecule has 0 radical (unpaired) electrons. The van der Waals surface area contributed by atoms with Crippen LogP contribution in [0, 0.1) is 5.92 Å². The third-order valence-electron chi connectivity index (χ3n) is 4.81. The molecule has 0 unspecified atom stereocenters. The Bertz CT molecular complexity index is 1140. The Hall–Kier alpha value is -3.35. The molecule has 0 aliphatic rings. The summed E-state index contributed by atoms with van der Waals surface area (Å²) in [6.07, 6.45) is 0.700. The Morgan fingerprint density at radius 3 is 2.40 bits per heavy atom. The molecule has 0 aliphatic heterocycles. The van der Waals surface area contributed by atoms with Gasteiger partial charge < -0.3 is 10.1 Å². The molecule has 0 saturated carbocycles. The van der Waals surface area contributed by atoms with Gasteiger partial charge in [-0.25, -0.2) is 4.79 Å². The molecule has 0 atom stereocenters. The van der Waals surface area contributed by atoms with Crippen molar-refractivity contribution in [3.8, 4) is 5.75 Å². The second kappa shape index (κ2) is 9.43. The number of carbonyl (C=O) groups excluding carboxylic acids is 1. The van der Waals surface area contributed by atoms with Gasteiger partial charge in [0.05, 0.1) is 17.5 Å². The number of nitrogens with one attached hydrogen (secondary N) is 1. The van der Waals surface area contributed by atoms with Crippen LogP contribution in [-0.2, 0) is 17.9 Å². The van der Waals surface area contributed by atoms with Crippen LogP contribution in [0.5, 0.6) is 5.75 Å². The molecule has 2 aromatic carbocycles. The lowest BCUT2D eigenvalue weighted by atomic mass is 10.1. The van der Waals surface area contributed by atoms with Crippen molar-refractivity contribution < 1.29 is 9.53 Å². The number of anilines is 1. The highest BCUT2D eigenvalue weighted by atomic mass is 16.5. The zero-order valence-corrected chi connectivity index (χ0v) is 17.6. The number of carbonyl (C=O) groups is 1. The number of nitrogens with zero attached hydrogens (tertiary/aromatic N) is 2. The summed E-state index contributed by atoms with van der Waals surface area (Å²) in [6, 6.07) is 13.9. The molecule has 7 nitrogen and oxygen atoms in total. The number of hydrogen-bond acceptors (Lipinski definition) is 4. The first-order valence-corrected chi connectivity index (χ1v) is 10.2. The van der Waals surface area contributed by atoms with Gasteiger partial charge in [0, 0.05) is 12.2 Å². The summed E-state index contributed by atoms with van der Waals surface area (Å²) in [5.41, 5.74) is 0.268. The molecule has 158 valence electrons. The number of benzene rings is 2. The summed E-state index contributed by atoms with van der Waals surface area (Å²) in [5, 5.41) is 3.22. The van der Waals surface area contributed by atoms with E-state index in [0.29, 0.717) is 42.1 Å². The standard InChI is InChI=1S/C23H27N3O4/c1-4-30-18-11-9-17(10-12-18)24-21(27)15-26-20-8-6-5-7-19(20)22(28)25(23(26)29)14-13-16(2)3/h5-12,16H,4,13-15H2,1-3H3,(H,24,27). The van der Waals surface area contributed by atoms with Crippen LogP contribution < -0.4 is 21.3 Å². The zero-order valence-electron chi connectivity index (χ0n) is 17.6. The van der Waals surface area contributed by atoms with Crippen LogP contribution in [0.1, 0.15) is 27.2 Å². The van der Waals surface area contributed by atoms with Crippen molar-refractivity contribution in [3.05, 3.63) is 69.4 Å². The molecule has 30 heavy (non-hydrogen) atoms. The molecule has 3 aromatic rings. The van der Waals surface area contributed by atoms with Crippen molar-refractivity contribution in [2.75, 3.05) is 11.9 Å². The zero-order chi connectivity index (χ0) is 21.7. The van der Waals surface area contributed by atoms with Gasteiger partial charge in [-0.1, -0.05) is 26.0 Å².